The molecule has 0 spiro atoms. The van der Waals surface area contributed by atoms with E-state index in [0.717, 1.165) is 0 Å². The highest BCUT2D eigenvalue weighted by molar-refractivity contribution is 5.24. The van der Waals surface area contributed by atoms with Gasteiger partial charge in [0, 0.05) is 11.5 Å². The van der Waals surface area contributed by atoms with Crippen LogP contribution in [0.25, 0.3) is 0 Å². The summed E-state index contributed by atoms with van der Waals surface area (Å²) in [6.07, 6.45) is 0. The molecule has 0 radical (unpaired) electrons. The summed E-state index contributed by atoms with van der Waals surface area (Å²) < 4.78 is 0. The number of hydrogen-bond donors (Lipinski definition) is 2. The maximum atomic E-state index is 9.35. The summed E-state index contributed by atoms with van der Waals surface area (Å²) in [6, 6.07) is 10.2. The molecule has 2 unspecified atom stereocenters. The molecule has 2 heteroatoms. The first-order chi connectivity index (χ1) is 6.99. The van der Waals surface area contributed by atoms with Gasteiger partial charge in [-0.1, -0.05) is 44.2 Å². The summed E-state index contributed by atoms with van der Waals surface area (Å²) in [5, 5.41) is 9.35. The summed E-state index contributed by atoms with van der Waals surface area (Å²) >= 11 is 0. The van der Waals surface area contributed by atoms with E-state index in [0.29, 0.717) is 5.92 Å². The van der Waals surface area contributed by atoms with E-state index < -0.39 is 5.54 Å². The Morgan fingerprint density at radius 1 is 1.27 bits per heavy atom. The minimum atomic E-state index is -0.560. The van der Waals surface area contributed by atoms with Gasteiger partial charge < -0.3 is 10.8 Å². The molecule has 0 aliphatic rings. The lowest BCUT2D eigenvalue weighted by Crippen LogP contribution is -2.48. The second kappa shape index (κ2) is 4.77. The largest absolute Gasteiger partial charge is 0.394 e. The maximum absolute atomic E-state index is 9.35. The molecule has 0 aliphatic carbocycles. The Kier molecular flexibility index (Phi) is 3.89. The number of hydrogen-bond acceptors (Lipinski definition) is 2. The molecule has 1 aromatic rings. The molecule has 0 bridgehead atoms. The normalized spacial score (nSPS) is 17.5. The molecule has 0 aliphatic heterocycles. The monoisotopic (exact) mass is 207 g/mol. The highest BCUT2D eigenvalue weighted by Crippen LogP contribution is 2.32. The number of rotatable bonds is 4. The van der Waals surface area contributed by atoms with E-state index in [1.54, 1.807) is 0 Å². The van der Waals surface area contributed by atoms with Crippen LogP contribution in [0.2, 0.25) is 0 Å². The van der Waals surface area contributed by atoms with Gasteiger partial charge in [-0.25, -0.2) is 0 Å². The van der Waals surface area contributed by atoms with Gasteiger partial charge in [-0.15, -0.1) is 0 Å². The Bertz CT molecular complexity index is 293. The van der Waals surface area contributed by atoms with E-state index in [9.17, 15) is 5.11 Å². The second-order valence-electron chi connectivity index (χ2n) is 4.80. The van der Waals surface area contributed by atoms with Crippen molar-refractivity contribution >= 4 is 0 Å². The van der Waals surface area contributed by atoms with Crippen molar-refractivity contribution in [3.63, 3.8) is 0 Å². The van der Waals surface area contributed by atoms with Gasteiger partial charge in [0.2, 0.25) is 0 Å². The first kappa shape index (κ1) is 12.2. The smallest absolute Gasteiger partial charge is 0.0614 e. The zero-order valence-corrected chi connectivity index (χ0v) is 9.77. The SMILES string of the molecule is CC(C)C(c1ccccc1)C(C)(N)CO. The van der Waals surface area contributed by atoms with Gasteiger partial charge in [-0.3, -0.25) is 0 Å². The van der Waals surface area contributed by atoms with Crippen LogP contribution in [-0.2, 0) is 0 Å². The molecule has 0 heterocycles. The van der Waals surface area contributed by atoms with Crippen LogP contribution in [0, 0.1) is 5.92 Å². The highest BCUT2D eigenvalue weighted by atomic mass is 16.3. The van der Waals surface area contributed by atoms with E-state index in [-0.39, 0.29) is 12.5 Å². The van der Waals surface area contributed by atoms with Crippen molar-refractivity contribution in [3.05, 3.63) is 35.9 Å². The molecule has 84 valence electrons. The molecule has 1 rings (SSSR count). The fourth-order valence-corrected chi connectivity index (χ4v) is 2.29. The van der Waals surface area contributed by atoms with Gasteiger partial charge >= 0.3 is 0 Å². The molecule has 3 N–H and O–H groups in total. The highest BCUT2D eigenvalue weighted by Gasteiger charge is 2.32. The second-order valence-corrected chi connectivity index (χ2v) is 4.80. The molecule has 0 saturated heterocycles. The van der Waals surface area contributed by atoms with E-state index in [2.05, 4.69) is 26.0 Å². The third-order valence-electron chi connectivity index (χ3n) is 2.88. The van der Waals surface area contributed by atoms with Crippen LogP contribution in [-0.4, -0.2) is 17.3 Å². The first-order valence-corrected chi connectivity index (χ1v) is 5.43. The van der Waals surface area contributed by atoms with E-state index in [1.165, 1.54) is 5.56 Å². The van der Waals surface area contributed by atoms with Gasteiger partial charge in [-0.05, 0) is 18.4 Å². The van der Waals surface area contributed by atoms with Crippen molar-refractivity contribution in [3.8, 4) is 0 Å². The molecule has 2 atom stereocenters. The van der Waals surface area contributed by atoms with Crippen molar-refractivity contribution in [2.45, 2.75) is 32.2 Å². The topological polar surface area (TPSA) is 46.2 Å². The lowest BCUT2D eigenvalue weighted by atomic mass is 9.75. The van der Waals surface area contributed by atoms with Gasteiger partial charge in [0.1, 0.15) is 0 Å². The van der Waals surface area contributed by atoms with Crippen LogP contribution in [0.15, 0.2) is 30.3 Å². The lowest BCUT2D eigenvalue weighted by Gasteiger charge is -2.35. The summed E-state index contributed by atoms with van der Waals surface area (Å²) in [5.74, 6) is 0.596. The van der Waals surface area contributed by atoms with E-state index in [1.807, 2.05) is 25.1 Å². The minimum absolute atomic E-state index is 0.00470. The third kappa shape index (κ3) is 2.80. The standard InChI is InChI=1S/C13H21NO/c1-10(2)12(13(3,14)9-15)11-7-5-4-6-8-11/h4-8,10,12,15H,9,14H2,1-3H3. The average molecular weight is 207 g/mol. The molecule has 0 saturated carbocycles. The van der Waals surface area contributed by atoms with Crippen LogP contribution in [0.1, 0.15) is 32.3 Å². The van der Waals surface area contributed by atoms with E-state index in [4.69, 9.17) is 5.73 Å². The predicted octanol–water partition coefficient (Wildman–Crippen LogP) is 2.14. The zero-order valence-electron chi connectivity index (χ0n) is 9.77. The van der Waals surface area contributed by atoms with Crippen molar-refractivity contribution in [1.82, 2.24) is 0 Å². The van der Waals surface area contributed by atoms with Crippen molar-refractivity contribution in [2.75, 3.05) is 6.61 Å². The van der Waals surface area contributed by atoms with Crippen LogP contribution in [0.4, 0.5) is 0 Å². The molecular weight excluding hydrogens is 186 g/mol. The number of aliphatic hydroxyl groups excluding tert-OH is 1. The van der Waals surface area contributed by atoms with Gasteiger partial charge in [0.15, 0.2) is 0 Å². The van der Waals surface area contributed by atoms with Gasteiger partial charge in [0.25, 0.3) is 0 Å². The van der Waals surface area contributed by atoms with Crippen LogP contribution < -0.4 is 5.73 Å². The summed E-state index contributed by atoms with van der Waals surface area (Å²) in [6.45, 7) is 6.19. The van der Waals surface area contributed by atoms with Crippen LogP contribution in [0.3, 0.4) is 0 Å². The quantitative estimate of drug-likeness (QED) is 0.794. The molecular formula is C13H21NO. The first-order valence-electron chi connectivity index (χ1n) is 5.43. The Labute approximate surface area is 92.1 Å². The Morgan fingerprint density at radius 3 is 2.20 bits per heavy atom. The number of nitrogens with two attached hydrogens (primary N) is 1. The Morgan fingerprint density at radius 2 is 1.80 bits per heavy atom. The van der Waals surface area contributed by atoms with Crippen molar-refractivity contribution in [2.24, 2.45) is 11.7 Å². The summed E-state index contributed by atoms with van der Waals surface area (Å²) in [5.41, 5.74) is 6.78. The molecule has 0 aromatic heterocycles. The van der Waals surface area contributed by atoms with Gasteiger partial charge in [-0.2, -0.15) is 0 Å². The third-order valence-corrected chi connectivity index (χ3v) is 2.88. The number of aliphatic hydroxyl groups is 1. The molecule has 0 fully saturated rings. The van der Waals surface area contributed by atoms with Gasteiger partial charge in [0.05, 0.1) is 6.61 Å². The number of benzene rings is 1. The molecule has 15 heavy (non-hydrogen) atoms. The van der Waals surface area contributed by atoms with Crippen molar-refractivity contribution < 1.29 is 5.11 Å². The lowest BCUT2D eigenvalue weighted by molar-refractivity contribution is 0.165. The summed E-state index contributed by atoms with van der Waals surface area (Å²) in [7, 11) is 0. The predicted molar refractivity (Wildman–Crippen MR) is 63.7 cm³/mol. The molecule has 0 amide bonds. The average Bonchev–Trinajstić information content (AvgIpc) is 2.18. The minimum Gasteiger partial charge on any atom is -0.394 e. The molecule has 1 aromatic carbocycles. The van der Waals surface area contributed by atoms with Crippen LogP contribution >= 0.6 is 0 Å². The fraction of sp³-hybridized carbons (Fsp3) is 0.538. The maximum Gasteiger partial charge on any atom is 0.0614 e. The fourth-order valence-electron chi connectivity index (χ4n) is 2.29. The van der Waals surface area contributed by atoms with Crippen LogP contribution in [0.5, 0.6) is 0 Å². The van der Waals surface area contributed by atoms with E-state index >= 15 is 0 Å². The Hall–Kier alpha value is -0.860. The van der Waals surface area contributed by atoms with Crippen molar-refractivity contribution in [1.29, 1.82) is 0 Å². The zero-order chi connectivity index (χ0) is 11.5. The molecule has 2 nitrogen and oxygen atoms in total. The Balaban J connectivity index is 3.04. The summed E-state index contributed by atoms with van der Waals surface area (Å²) in [4.78, 5) is 0.